The van der Waals surface area contributed by atoms with E-state index in [4.69, 9.17) is 13.8 Å². The van der Waals surface area contributed by atoms with Crippen LogP contribution in [0.1, 0.15) is 50.3 Å². The quantitative estimate of drug-likeness (QED) is 0.435. The summed E-state index contributed by atoms with van der Waals surface area (Å²) in [4.78, 5) is 11.9. The molecule has 1 aliphatic heterocycles. The number of hydrogen-bond acceptors (Lipinski definition) is 5. The largest absolute Gasteiger partial charge is 0.466 e. The maximum absolute atomic E-state index is 12.9. The van der Waals surface area contributed by atoms with Crippen LogP contribution < -0.4 is 5.30 Å². The number of esters is 1. The molecular weight excluding hydrogens is 303 g/mol. The molecule has 2 rings (SSSR count). The van der Waals surface area contributed by atoms with E-state index in [1.54, 1.807) is 6.92 Å². The molecule has 0 N–H and O–H groups in total. The second-order valence-electron chi connectivity index (χ2n) is 5.30. The third-order valence-corrected chi connectivity index (χ3v) is 5.86. The van der Waals surface area contributed by atoms with Gasteiger partial charge in [-0.15, -0.1) is 0 Å². The highest BCUT2D eigenvalue weighted by Crippen LogP contribution is 2.58. The summed E-state index contributed by atoms with van der Waals surface area (Å²) in [6.07, 6.45) is 1.29. The number of ether oxygens (including phenoxy) is 1. The Bertz CT molecular complexity index is 584. The Balaban J connectivity index is 2.17. The van der Waals surface area contributed by atoms with Gasteiger partial charge in [-0.3, -0.25) is 13.9 Å². The normalized spacial score (nSPS) is 23.3. The standard InChI is InChI=1S/C16H23O5P/c1-4-6-10-19-15(17)11-14-13-9-7-8-12(3)16(13)22(18,21-14)20-5-2/h7-9,14H,4-6,10-11H2,1-3H3/t14-,22?/m0/s1. The Morgan fingerprint density at radius 3 is 2.82 bits per heavy atom. The van der Waals surface area contributed by atoms with Gasteiger partial charge in [0.15, 0.2) is 0 Å². The van der Waals surface area contributed by atoms with Crippen molar-refractivity contribution in [2.75, 3.05) is 13.2 Å². The smallest absolute Gasteiger partial charge is 0.362 e. The molecule has 0 saturated heterocycles. The second-order valence-corrected chi connectivity index (χ2v) is 7.21. The van der Waals surface area contributed by atoms with E-state index >= 15 is 0 Å². The van der Waals surface area contributed by atoms with Crippen molar-refractivity contribution < 1.29 is 23.1 Å². The Kier molecular flexibility index (Phi) is 5.79. The van der Waals surface area contributed by atoms with Gasteiger partial charge in [0.2, 0.25) is 0 Å². The maximum Gasteiger partial charge on any atom is 0.362 e. The van der Waals surface area contributed by atoms with E-state index in [2.05, 4.69) is 0 Å². The molecule has 0 amide bonds. The predicted octanol–water partition coefficient (Wildman–Crippen LogP) is 3.65. The molecule has 1 aromatic carbocycles. The van der Waals surface area contributed by atoms with Crippen LogP contribution in [0.25, 0.3) is 0 Å². The Hall–Kier alpha value is -1.16. The number of carbonyl (C=O) groups is 1. The molecule has 5 nitrogen and oxygen atoms in total. The fraction of sp³-hybridized carbons (Fsp3) is 0.562. The van der Waals surface area contributed by atoms with Crippen molar-refractivity contribution in [1.29, 1.82) is 0 Å². The topological polar surface area (TPSA) is 61.8 Å². The van der Waals surface area contributed by atoms with Crippen molar-refractivity contribution in [3.63, 3.8) is 0 Å². The van der Waals surface area contributed by atoms with Crippen molar-refractivity contribution in [2.24, 2.45) is 0 Å². The molecule has 0 bridgehead atoms. The molecule has 1 aliphatic rings. The molecule has 2 atom stereocenters. The number of carbonyl (C=O) groups excluding carboxylic acids is 1. The van der Waals surface area contributed by atoms with Gasteiger partial charge in [0, 0.05) is 0 Å². The average Bonchev–Trinajstić information content (AvgIpc) is 2.73. The minimum absolute atomic E-state index is 0.0528. The minimum Gasteiger partial charge on any atom is -0.466 e. The molecule has 6 heteroatoms. The fourth-order valence-corrected chi connectivity index (χ4v) is 4.75. The van der Waals surface area contributed by atoms with Crippen LogP contribution in [0.3, 0.4) is 0 Å². The number of fused-ring (bicyclic) bond motifs is 1. The van der Waals surface area contributed by atoms with Gasteiger partial charge >= 0.3 is 13.6 Å². The zero-order valence-electron chi connectivity index (χ0n) is 13.3. The van der Waals surface area contributed by atoms with E-state index in [9.17, 15) is 9.36 Å². The first-order chi connectivity index (χ1) is 10.5. The molecule has 0 aromatic heterocycles. The van der Waals surface area contributed by atoms with Crippen LogP contribution in [0.15, 0.2) is 18.2 Å². The SMILES string of the molecule is CCCCOC(=O)C[C@@H]1OP(=O)(OCC)c2c(C)cccc21. The van der Waals surface area contributed by atoms with Crippen LogP contribution in [-0.2, 0) is 23.1 Å². The lowest BCUT2D eigenvalue weighted by atomic mass is 10.0. The van der Waals surface area contributed by atoms with Crippen LogP contribution in [0.5, 0.6) is 0 Å². The predicted molar refractivity (Wildman–Crippen MR) is 84.4 cm³/mol. The molecule has 1 aromatic rings. The summed E-state index contributed by atoms with van der Waals surface area (Å²) >= 11 is 0. The van der Waals surface area contributed by atoms with Gasteiger partial charge in [-0.1, -0.05) is 31.5 Å². The molecule has 22 heavy (non-hydrogen) atoms. The summed E-state index contributed by atoms with van der Waals surface area (Å²) in [6, 6.07) is 5.58. The lowest BCUT2D eigenvalue weighted by molar-refractivity contribution is -0.145. The molecule has 0 radical (unpaired) electrons. The van der Waals surface area contributed by atoms with Crippen molar-refractivity contribution in [2.45, 2.75) is 46.1 Å². The molecule has 122 valence electrons. The summed E-state index contributed by atoms with van der Waals surface area (Å²) in [6.45, 7) is 6.37. The van der Waals surface area contributed by atoms with Crippen LogP contribution in [-0.4, -0.2) is 19.2 Å². The molecule has 1 unspecified atom stereocenters. The minimum atomic E-state index is -3.35. The zero-order chi connectivity index (χ0) is 16.2. The van der Waals surface area contributed by atoms with Gasteiger partial charge in [0.25, 0.3) is 0 Å². The van der Waals surface area contributed by atoms with Gasteiger partial charge in [-0.05, 0) is 31.4 Å². The van der Waals surface area contributed by atoms with Crippen LogP contribution >= 0.6 is 7.60 Å². The first-order valence-corrected chi connectivity index (χ1v) is 9.24. The molecule has 1 heterocycles. The van der Waals surface area contributed by atoms with E-state index in [1.165, 1.54) is 0 Å². The number of unbranched alkanes of at least 4 members (excludes halogenated alkanes) is 1. The molecule has 0 fully saturated rings. The van der Waals surface area contributed by atoms with Gasteiger partial charge < -0.3 is 9.26 Å². The van der Waals surface area contributed by atoms with E-state index in [0.717, 1.165) is 24.0 Å². The Labute approximate surface area is 131 Å². The third-order valence-electron chi connectivity index (χ3n) is 3.57. The molecule has 0 aliphatic carbocycles. The lowest BCUT2D eigenvalue weighted by Crippen LogP contribution is -2.12. The van der Waals surface area contributed by atoms with E-state index in [-0.39, 0.29) is 12.4 Å². The van der Waals surface area contributed by atoms with E-state index < -0.39 is 13.7 Å². The van der Waals surface area contributed by atoms with Gasteiger partial charge in [-0.25, -0.2) is 0 Å². The van der Waals surface area contributed by atoms with Crippen molar-refractivity contribution in [3.8, 4) is 0 Å². The van der Waals surface area contributed by atoms with E-state index in [0.29, 0.717) is 18.5 Å². The van der Waals surface area contributed by atoms with Crippen LogP contribution in [0, 0.1) is 6.92 Å². The third kappa shape index (κ3) is 3.60. The van der Waals surface area contributed by atoms with Gasteiger partial charge in [-0.2, -0.15) is 0 Å². The molecule has 0 spiro atoms. The number of aryl methyl sites for hydroxylation is 1. The first kappa shape index (κ1) is 17.2. The highest BCUT2D eigenvalue weighted by Gasteiger charge is 2.44. The van der Waals surface area contributed by atoms with Crippen molar-refractivity contribution in [3.05, 3.63) is 29.3 Å². The first-order valence-electron chi connectivity index (χ1n) is 7.70. The van der Waals surface area contributed by atoms with Gasteiger partial charge in [0.05, 0.1) is 24.9 Å². The summed E-state index contributed by atoms with van der Waals surface area (Å²) in [5.74, 6) is -0.337. The number of benzene rings is 1. The summed E-state index contributed by atoms with van der Waals surface area (Å²) in [7, 11) is -3.35. The van der Waals surface area contributed by atoms with Crippen molar-refractivity contribution in [1.82, 2.24) is 0 Å². The van der Waals surface area contributed by atoms with Gasteiger partial charge in [0.1, 0.15) is 6.10 Å². The number of hydrogen-bond donors (Lipinski definition) is 0. The molecular formula is C16H23O5P. The number of rotatable bonds is 7. The zero-order valence-corrected chi connectivity index (χ0v) is 14.2. The second kappa shape index (κ2) is 7.40. The average molecular weight is 326 g/mol. The van der Waals surface area contributed by atoms with E-state index in [1.807, 2.05) is 32.0 Å². The highest BCUT2D eigenvalue weighted by atomic mass is 31.2. The highest BCUT2D eigenvalue weighted by molar-refractivity contribution is 7.62. The summed E-state index contributed by atoms with van der Waals surface area (Å²) < 4.78 is 29.1. The Morgan fingerprint density at radius 1 is 1.36 bits per heavy atom. The molecule has 0 saturated carbocycles. The van der Waals surface area contributed by atoms with Crippen LogP contribution in [0.4, 0.5) is 0 Å². The summed E-state index contributed by atoms with van der Waals surface area (Å²) in [5.41, 5.74) is 1.63. The maximum atomic E-state index is 12.9. The fourth-order valence-electron chi connectivity index (χ4n) is 2.55. The Morgan fingerprint density at radius 2 is 2.14 bits per heavy atom. The monoisotopic (exact) mass is 326 g/mol. The van der Waals surface area contributed by atoms with Crippen molar-refractivity contribution >= 4 is 18.9 Å². The van der Waals surface area contributed by atoms with Crippen LogP contribution in [0.2, 0.25) is 0 Å². The lowest BCUT2D eigenvalue weighted by Gasteiger charge is -2.14. The summed E-state index contributed by atoms with van der Waals surface area (Å²) in [5, 5.41) is 0.600.